The number of fused-ring (bicyclic) bond motifs is 1. The number of nitrogens with zero attached hydrogens (tertiary/aromatic N) is 2. The van der Waals surface area contributed by atoms with Crippen LogP contribution in [0.25, 0.3) is 0 Å². The minimum atomic E-state index is -0.265. The summed E-state index contributed by atoms with van der Waals surface area (Å²) < 4.78 is 0. The molecule has 1 amide bonds. The highest BCUT2D eigenvalue weighted by Gasteiger charge is 2.25. The Hall–Kier alpha value is -2.95. The fraction of sp³-hybridized carbons (Fsp3) is 0. The molecule has 2 aromatic carbocycles. The van der Waals surface area contributed by atoms with Crippen molar-refractivity contribution in [3.05, 3.63) is 59.7 Å². The monoisotopic (exact) mass is 265 g/mol. The Morgan fingerprint density at radius 2 is 1.95 bits per heavy atom. The number of nitrogens with one attached hydrogen (secondary N) is 1. The third kappa shape index (κ3) is 2.29. The van der Waals surface area contributed by atoms with Crippen LogP contribution in [-0.2, 0) is 4.79 Å². The number of amides is 1. The van der Waals surface area contributed by atoms with E-state index >= 15 is 0 Å². The van der Waals surface area contributed by atoms with Crippen molar-refractivity contribution in [3.63, 3.8) is 0 Å². The summed E-state index contributed by atoms with van der Waals surface area (Å²) in [5, 5.41) is 19.9. The van der Waals surface area contributed by atoms with Gasteiger partial charge in [0, 0.05) is 5.56 Å². The molecule has 0 saturated carbocycles. The molecule has 98 valence electrons. The maximum Gasteiger partial charge on any atom is 0.276 e. The van der Waals surface area contributed by atoms with Gasteiger partial charge in [-0.1, -0.05) is 30.3 Å². The first kappa shape index (κ1) is 12.1. The van der Waals surface area contributed by atoms with Crippen LogP contribution in [0.2, 0.25) is 0 Å². The summed E-state index contributed by atoms with van der Waals surface area (Å²) in [6, 6.07) is 13.9. The number of hydrogen-bond donors (Lipinski definition) is 2. The lowest BCUT2D eigenvalue weighted by Gasteiger charge is -1.94. The van der Waals surface area contributed by atoms with Gasteiger partial charge in [0.15, 0.2) is 5.71 Å². The number of para-hydroxylation sites is 1. The van der Waals surface area contributed by atoms with Gasteiger partial charge in [0.1, 0.15) is 5.75 Å². The van der Waals surface area contributed by atoms with Crippen LogP contribution in [-0.4, -0.2) is 22.9 Å². The molecule has 0 spiro atoms. The summed E-state index contributed by atoms with van der Waals surface area (Å²) in [6.07, 6.45) is 1.49. The van der Waals surface area contributed by atoms with E-state index in [0.29, 0.717) is 5.56 Å². The highest BCUT2D eigenvalue weighted by Crippen LogP contribution is 2.22. The fourth-order valence-corrected chi connectivity index (χ4v) is 1.96. The smallest absolute Gasteiger partial charge is 0.276 e. The van der Waals surface area contributed by atoms with Crippen LogP contribution in [0.4, 0.5) is 5.69 Å². The van der Waals surface area contributed by atoms with Gasteiger partial charge in [0.2, 0.25) is 0 Å². The average molecular weight is 265 g/mol. The van der Waals surface area contributed by atoms with Crippen LogP contribution in [0, 0.1) is 0 Å². The number of aromatic hydroxyl groups is 1. The van der Waals surface area contributed by atoms with Crippen LogP contribution in [0.1, 0.15) is 11.1 Å². The van der Waals surface area contributed by atoms with Crippen LogP contribution in [0.15, 0.2) is 58.7 Å². The lowest BCUT2D eigenvalue weighted by Crippen LogP contribution is -2.13. The lowest BCUT2D eigenvalue weighted by atomic mass is 10.1. The molecule has 0 aromatic heterocycles. The minimum absolute atomic E-state index is 0.158. The minimum Gasteiger partial charge on any atom is -0.508 e. The quantitative estimate of drug-likeness (QED) is 0.645. The molecule has 20 heavy (non-hydrogen) atoms. The standard InChI is InChI=1S/C15H11N3O2/c19-11-5-3-4-10(8-11)9-16-18-14-12-6-1-2-7-13(12)17-15(14)20/h1-9,19H,(H,17,18,20)/b16-9-. The maximum absolute atomic E-state index is 11.8. The first-order valence-corrected chi connectivity index (χ1v) is 6.05. The van der Waals surface area contributed by atoms with Crippen molar-refractivity contribution >= 4 is 23.5 Å². The second kappa shape index (κ2) is 4.97. The summed E-state index contributed by atoms with van der Waals surface area (Å²) in [5.74, 6) is -0.107. The molecule has 2 N–H and O–H groups in total. The number of anilines is 1. The Kier molecular flexibility index (Phi) is 3.01. The topological polar surface area (TPSA) is 74.0 Å². The van der Waals surface area contributed by atoms with E-state index < -0.39 is 0 Å². The van der Waals surface area contributed by atoms with Gasteiger partial charge in [0.05, 0.1) is 11.9 Å². The number of phenolic OH excluding ortho intramolecular Hbond substituents is 1. The zero-order valence-corrected chi connectivity index (χ0v) is 10.4. The van der Waals surface area contributed by atoms with E-state index in [1.807, 2.05) is 24.3 Å². The van der Waals surface area contributed by atoms with E-state index in [1.54, 1.807) is 24.3 Å². The molecule has 5 heteroatoms. The Balaban J connectivity index is 1.88. The highest BCUT2D eigenvalue weighted by molar-refractivity contribution is 6.53. The zero-order chi connectivity index (χ0) is 13.9. The number of benzene rings is 2. The largest absolute Gasteiger partial charge is 0.508 e. The van der Waals surface area contributed by atoms with Crippen molar-refractivity contribution in [1.29, 1.82) is 0 Å². The molecular weight excluding hydrogens is 254 g/mol. The van der Waals surface area contributed by atoms with Gasteiger partial charge >= 0.3 is 0 Å². The Morgan fingerprint density at radius 1 is 1.10 bits per heavy atom. The molecular formula is C15H11N3O2. The van der Waals surface area contributed by atoms with Crippen molar-refractivity contribution < 1.29 is 9.90 Å². The second-order valence-corrected chi connectivity index (χ2v) is 4.29. The number of phenols is 1. The van der Waals surface area contributed by atoms with E-state index in [9.17, 15) is 9.90 Å². The van der Waals surface area contributed by atoms with Crippen LogP contribution < -0.4 is 5.32 Å². The van der Waals surface area contributed by atoms with Gasteiger partial charge in [0.25, 0.3) is 5.91 Å². The molecule has 3 rings (SSSR count). The van der Waals surface area contributed by atoms with Crippen molar-refractivity contribution in [2.75, 3.05) is 5.32 Å². The Bertz CT molecular complexity index is 735. The van der Waals surface area contributed by atoms with Crippen molar-refractivity contribution in [2.45, 2.75) is 0 Å². The number of carbonyl (C=O) groups excluding carboxylic acids is 1. The van der Waals surface area contributed by atoms with Gasteiger partial charge in [-0.2, -0.15) is 5.10 Å². The van der Waals surface area contributed by atoms with E-state index in [2.05, 4.69) is 15.5 Å². The van der Waals surface area contributed by atoms with E-state index in [1.165, 1.54) is 6.21 Å². The normalized spacial score (nSPS) is 15.6. The van der Waals surface area contributed by atoms with Crippen LogP contribution >= 0.6 is 0 Å². The Morgan fingerprint density at radius 3 is 2.80 bits per heavy atom. The van der Waals surface area contributed by atoms with Gasteiger partial charge in [-0.25, -0.2) is 0 Å². The van der Waals surface area contributed by atoms with E-state index in [0.717, 1.165) is 11.3 Å². The molecule has 0 fully saturated rings. The van der Waals surface area contributed by atoms with Gasteiger partial charge in [-0.15, -0.1) is 5.10 Å². The number of rotatable bonds is 2. The molecule has 1 aliphatic rings. The average Bonchev–Trinajstić information content (AvgIpc) is 2.75. The van der Waals surface area contributed by atoms with Gasteiger partial charge in [-0.3, -0.25) is 4.79 Å². The second-order valence-electron chi connectivity index (χ2n) is 4.29. The summed E-state index contributed by atoms with van der Waals surface area (Å²) in [5.41, 5.74) is 2.48. The predicted molar refractivity (Wildman–Crippen MR) is 77.3 cm³/mol. The molecule has 0 saturated heterocycles. The highest BCUT2D eigenvalue weighted by atomic mass is 16.3. The SMILES string of the molecule is O=C1Nc2ccccc2/C1=N\N=C/c1cccc(O)c1. The molecule has 5 nitrogen and oxygen atoms in total. The van der Waals surface area contributed by atoms with E-state index in [4.69, 9.17) is 0 Å². The van der Waals surface area contributed by atoms with E-state index in [-0.39, 0.29) is 17.4 Å². The molecule has 1 aliphatic heterocycles. The van der Waals surface area contributed by atoms with Crippen LogP contribution in [0.5, 0.6) is 5.75 Å². The molecule has 0 atom stereocenters. The zero-order valence-electron chi connectivity index (χ0n) is 10.4. The first-order valence-electron chi connectivity index (χ1n) is 6.05. The van der Waals surface area contributed by atoms with Gasteiger partial charge in [-0.05, 0) is 23.8 Å². The fourth-order valence-electron chi connectivity index (χ4n) is 1.96. The molecule has 0 aliphatic carbocycles. The summed E-state index contributed by atoms with van der Waals surface area (Å²) in [7, 11) is 0. The predicted octanol–water partition coefficient (Wildman–Crippen LogP) is 2.17. The van der Waals surface area contributed by atoms with Crippen molar-refractivity contribution in [3.8, 4) is 5.75 Å². The lowest BCUT2D eigenvalue weighted by molar-refractivity contribution is -0.110. The van der Waals surface area contributed by atoms with Crippen molar-refractivity contribution in [2.24, 2.45) is 10.2 Å². The third-order valence-corrected chi connectivity index (χ3v) is 2.88. The van der Waals surface area contributed by atoms with Crippen molar-refractivity contribution in [1.82, 2.24) is 0 Å². The van der Waals surface area contributed by atoms with Crippen LogP contribution in [0.3, 0.4) is 0 Å². The third-order valence-electron chi connectivity index (χ3n) is 2.88. The molecule has 0 radical (unpaired) electrons. The number of carbonyl (C=O) groups is 1. The summed E-state index contributed by atoms with van der Waals surface area (Å²) in [4.78, 5) is 11.8. The summed E-state index contributed by atoms with van der Waals surface area (Å²) in [6.45, 7) is 0. The molecule has 0 unspecified atom stereocenters. The maximum atomic E-state index is 11.8. The molecule has 0 bridgehead atoms. The summed E-state index contributed by atoms with van der Waals surface area (Å²) >= 11 is 0. The Labute approximate surface area is 115 Å². The van der Waals surface area contributed by atoms with Gasteiger partial charge < -0.3 is 10.4 Å². The number of hydrogen-bond acceptors (Lipinski definition) is 4. The molecule has 1 heterocycles. The molecule has 2 aromatic rings. The first-order chi connectivity index (χ1) is 9.74.